The first kappa shape index (κ1) is 14.1. The topological polar surface area (TPSA) is 20.2 Å². The van der Waals surface area contributed by atoms with E-state index in [1.807, 2.05) is 0 Å². The molecule has 1 N–H and O–H groups in total. The first-order valence-corrected chi connectivity index (χ1v) is 8.37. The maximum Gasteiger partial charge on any atom is 0.0787 e. The third-order valence-electron chi connectivity index (χ3n) is 5.98. The van der Waals surface area contributed by atoms with Crippen molar-refractivity contribution >= 4 is 0 Å². The monoisotopic (exact) mass is 272 g/mol. The molecule has 110 valence electrons. The van der Waals surface area contributed by atoms with Gasteiger partial charge in [-0.3, -0.25) is 0 Å². The maximum absolute atomic E-state index is 9.92. The molecule has 0 bridgehead atoms. The van der Waals surface area contributed by atoms with Crippen LogP contribution in [0.3, 0.4) is 0 Å². The lowest BCUT2D eigenvalue weighted by Gasteiger charge is -2.38. The van der Waals surface area contributed by atoms with Crippen molar-refractivity contribution in [3.63, 3.8) is 0 Å². The van der Waals surface area contributed by atoms with E-state index in [2.05, 4.69) is 25.7 Å². The number of allylic oxidation sites excluding steroid dienone is 3. The molecular formula is C19H28O. The van der Waals surface area contributed by atoms with Gasteiger partial charge < -0.3 is 5.11 Å². The smallest absolute Gasteiger partial charge is 0.0787 e. The van der Waals surface area contributed by atoms with Crippen molar-refractivity contribution in [2.24, 2.45) is 11.3 Å². The Morgan fingerprint density at radius 2 is 1.90 bits per heavy atom. The van der Waals surface area contributed by atoms with E-state index < -0.39 is 0 Å². The van der Waals surface area contributed by atoms with Crippen LogP contribution in [0.25, 0.3) is 0 Å². The molecule has 0 spiro atoms. The van der Waals surface area contributed by atoms with Gasteiger partial charge >= 0.3 is 0 Å². The summed E-state index contributed by atoms with van der Waals surface area (Å²) in [6.07, 6.45) is 15.6. The lowest BCUT2D eigenvalue weighted by atomic mass is 9.67. The van der Waals surface area contributed by atoms with Crippen LogP contribution >= 0.6 is 0 Å². The van der Waals surface area contributed by atoms with E-state index in [-0.39, 0.29) is 6.10 Å². The summed E-state index contributed by atoms with van der Waals surface area (Å²) >= 11 is 0. The van der Waals surface area contributed by atoms with Crippen molar-refractivity contribution in [1.82, 2.24) is 0 Å². The summed E-state index contributed by atoms with van der Waals surface area (Å²) in [4.78, 5) is 0. The van der Waals surface area contributed by atoms with Gasteiger partial charge in [0, 0.05) is 0 Å². The molecule has 3 saturated carbocycles. The van der Waals surface area contributed by atoms with Gasteiger partial charge in [0.05, 0.1) is 6.10 Å². The molecule has 3 rings (SSSR count). The van der Waals surface area contributed by atoms with Crippen LogP contribution in [0, 0.1) is 11.3 Å². The molecule has 20 heavy (non-hydrogen) atoms. The molecule has 0 amide bonds. The predicted octanol–water partition coefficient (Wildman–Crippen LogP) is 4.93. The molecular weight excluding hydrogens is 244 g/mol. The summed E-state index contributed by atoms with van der Waals surface area (Å²) in [5, 5.41) is 9.92. The maximum atomic E-state index is 9.92. The minimum atomic E-state index is -0.309. The van der Waals surface area contributed by atoms with Crippen LogP contribution in [0.1, 0.15) is 64.7 Å². The number of fused-ring (bicyclic) bond motifs is 1. The lowest BCUT2D eigenvalue weighted by Crippen LogP contribution is -2.27. The van der Waals surface area contributed by atoms with E-state index >= 15 is 0 Å². The van der Waals surface area contributed by atoms with Gasteiger partial charge in [-0.2, -0.15) is 0 Å². The van der Waals surface area contributed by atoms with Crippen LogP contribution in [0.4, 0.5) is 0 Å². The standard InChI is InChI=1S/C19H28O/c1-14-15(6-3-9-18(14)20)10-11-16-7-4-12-19(2)13-5-8-17(16)19/h10-11,17-18,20H,1,3-9,12-13H2,2H3/b15-10-,16-11+. The third kappa shape index (κ3) is 2.53. The van der Waals surface area contributed by atoms with Gasteiger partial charge in [-0.05, 0) is 73.8 Å². The molecule has 3 atom stereocenters. The molecule has 0 radical (unpaired) electrons. The summed E-state index contributed by atoms with van der Waals surface area (Å²) in [6, 6.07) is 0. The molecule has 3 aliphatic rings. The number of hydrogen-bond donors (Lipinski definition) is 1. The molecule has 0 saturated heterocycles. The molecule has 0 heterocycles. The Labute approximate surface area is 123 Å². The number of hydrogen-bond acceptors (Lipinski definition) is 1. The Morgan fingerprint density at radius 3 is 2.75 bits per heavy atom. The number of aliphatic hydroxyl groups excluding tert-OH is 1. The van der Waals surface area contributed by atoms with Crippen molar-refractivity contribution in [3.05, 3.63) is 35.5 Å². The minimum absolute atomic E-state index is 0.309. The van der Waals surface area contributed by atoms with Gasteiger partial charge in [-0.15, -0.1) is 0 Å². The molecule has 1 heteroatoms. The van der Waals surface area contributed by atoms with Gasteiger partial charge in [0.25, 0.3) is 0 Å². The van der Waals surface area contributed by atoms with Crippen molar-refractivity contribution in [1.29, 1.82) is 0 Å². The fraction of sp³-hybridized carbons (Fsp3) is 0.684. The average molecular weight is 272 g/mol. The van der Waals surface area contributed by atoms with Gasteiger partial charge in [0.15, 0.2) is 0 Å². The summed E-state index contributed by atoms with van der Waals surface area (Å²) in [5.74, 6) is 0.815. The Balaban J connectivity index is 1.79. The van der Waals surface area contributed by atoms with E-state index in [0.29, 0.717) is 5.41 Å². The van der Waals surface area contributed by atoms with Crippen LogP contribution in [0.5, 0.6) is 0 Å². The summed E-state index contributed by atoms with van der Waals surface area (Å²) in [6.45, 7) is 6.57. The molecule has 1 nitrogen and oxygen atoms in total. The third-order valence-corrected chi connectivity index (χ3v) is 5.98. The van der Waals surface area contributed by atoms with Gasteiger partial charge in [0.2, 0.25) is 0 Å². The van der Waals surface area contributed by atoms with E-state index in [9.17, 15) is 5.11 Å². The van der Waals surface area contributed by atoms with Crippen molar-refractivity contribution in [2.75, 3.05) is 0 Å². The van der Waals surface area contributed by atoms with Gasteiger partial charge in [-0.25, -0.2) is 0 Å². The minimum Gasteiger partial charge on any atom is -0.388 e. The predicted molar refractivity (Wildman–Crippen MR) is 84.5 cm³/mol. The highest BCUT2D eigenvalue weighted by Gasteiger charge is 2.42. The van der Waals surface area contributed by atoms with Crippen LogP contribution in [0.15, 0.2) is 35.5 Å². The summed E-state index contributed by atoms with van der Waals surface area (Å²) < 4.78 is 0. The SMILES string of the molecule is C=C1/C(=C\C=C2/CCCC3(C)CCCC23)CCCC1O. The summed E-state index contributed by atoms with van der Waals surface area (Å²) in [5.41, 5.74) is 4.47. The summed E-state index contributed by atoms with van der Waals surface area (Å²) in [7, 11) is 0. The van der Waals surface area contributed by atoms with E-state index in [4.69, 9.17) is 0 Å². The molecule has 0 aliphatic heterocycles. The largest absolute Gasteiger partial charge is 0.388 e. The van der Waals surface area contributed by atoms with Crippen LogP contribution in [-0.4, -0.2) is 11.2 Å². The van der Waals surface area contributed by atoms with Gasteiger partial charge in [0.1, 0.15) is 0 Å². The highest BCUT2D eigenvalue weighted by Crippen LogP contribution is 2.54. The zero-order valence-corrected chi connectivity index (χ0v) is 12.8. The lowest BCUT2D eigenvalue weighted by molar-refractivity contribution is 0.191. The van der Waals surface area contributed by atoms with Crippen LogP contribution < -0.4 is 0 Å². The molecule has 0 aromatic heterocycles. The van der Waals surface area contributed by atoms with Crippen molar-refractivity contribution in [2.45, 2.75) is 70.8 Å². The zero-order valence-electron chi connectivity index (χ0n) is 12.8. The molecule has 0 aromatic rings. The fourth-order valence-electron chi connectivity index (χ4n) is 4.67. The molecule has 3 unspecified atom stereocenters. The highest BCUT2D eigenvalue weighted by molar-refractivity contribution is 5.37. The number of rotatable bonds is 1. The first-order valence-electron chi connectivity index (χ1n) is 8.37. The van der Waals surface area contributed by atoms with Crippen LogP contribution in [0.2, 0.25) is 0 Å². The second kappa shape index (κ2) is 5.52. The highest BCUT2D eigenvalue weighted by atomic mass is 16.3. The Hall–Kier alpha value is -0.820. The molecule has 3 aliphatic carbocycles. The van der Waals surface area contributed by atoms with Gasteiger partial charge in [-0.1, -0.05) is 37.6 Å². The van der Waals surface area contributed by atoms with E-state index in [0.717, 1.165) is 30.8 Å². The average Bonchev–Trinajstić information content (AvgIpc) is 2.82. The second-order valence-corrected chi connectivity index (χ2v) is 7.32. The van der Waals surface area contributed by atoms with Crippen LogP contribution in [-0.2, 0) is 0 Å². The molecule has 3 fully saturated rings. The molecule has 0 aromatic carbocycles. The number of aliphatic hydroxyl groups is 1. The Morgan fingerprint density at radius 1 is 1.10 bits per heavy atom. The van der Waals surface area contributed by atoms with Crippen molar-refractivity contribution in [3.8, 4) is 0 Å². The quantitative estimate of drug-likeness (QED) is 0.717. The second-order valence-electron chi connectivity index (χ2n) is 7.32. The Bertz CT molecular complexity index is 456. The first-order chi connectivity index (χ1) is 9.60. The van der Waals surface area contributed by atoms with E-state index in [1.165, 1.54) is 44.1 Å². The zero-order chi connectivity index (χ0) is 14.2. The van der Waals surface area contributed by atoms with Crippen molar-refractivity contribution < 1.29 is 5.11 Å². The van der Waals surface area contributed by atoms with E-state index in [1.54, 1.807) is 5.57 Å². The normalized spacial score (nSPS) is 42.2. The Kier molecular flexibility index (Phi) is 3.90. The fourth-order valence-corrected chi connectivity index (χ4v) is 4.67.